The molecule has 56 heavy (non-hydrogen) atoms. The highest BCUT2D eigenvalue weighted by atomic mass is 32.1. The van der Waals surface area contributed by atoms with E-state index in [1.807, 2.05) is 11.3 Å². The Hall–Kier alpha value is -7.00. The Bertz CT molecular complexity index is 3460. The minimum Gasteiger partial charge on any atom is -0.455 e. The van der Waals surface area contributed by atoms with E-state index in [1.54, 1.807) is 0 Å². The predicted molar refractivity (Wildman–Crippen MR) is 241 cm³/mol. The van der Waals surface area contributed by atoms with Gasteiger partial charge in [0.15, 0.2) is 0 Å². The molecule has 260 valence electrons. The van der Waals surface area contributed by atoms with Crippen molar-refractivity contribution in [2.24, 2.45) is 0 Å². The van der Waals surface area contributed by atoms with Gasteiger partial charge in [-0.05, 0) is 102 Å². The first-order valence-electron chi connectivity index (χ1n) is 19.2. The summed E-state index contributed by atoms with van der Waals surface area (Å²) in [5.74, 6) is 0. The number of fused-ring (bicyclic) bond motifs is 11. The van der Waals surface area contributed by atoms with Crippen molar-refractivity contribution in [3.63, 3.8) is 0 Å². The third-order valence-electron chi connectivity index (χ3n) is 11.7. The second-order valence-electron chi connectivity index (χ2n) is 14.7. The van der Waals surface area contributed by atoms with Crippen LogP contribution in [0.3, 0.4) is 0 Å². The molecule has 2 heteroatoms. The van der Waals surface area contributed by atoms with Gasteiger partial charge >= 0.3 is 0 Å². The Balaban J connectivity index is 1.04. The van der Waals surface area contributed by atoms with Gasteiger partial charge in [0.2, 0.25) is 0 Å². The second kappa shape index (κ2) is 12.3. The average molecular weight is 729 g/mol. The van der Waals surface area contributed by atoms with Gasteiger partial charge in [-0.3, -0.25) is 0 Å². The number of thiophene rings is 1. The van der Waals surface area contributed by atoms with Crippen LogP contribution in [0.1, 0.15) is 0 Å². The van der Waals surface area contributed by atoms with Crippen LogP contribution in [-0.2, 0) is 0 Å². The van der Waals surface area contributed by atoms with Crippen molar-refractivity contribution in [2.75, 3.05) is 0 Å². The van der Waals surface area contributed by atoms with Gasteiger partial charge in [-0.15, -0.1) is 11.3 Å². The van der Waals surface area contributed by atoms with E-state index >= 15 is 0 Å². The minimum absolute atomic E-state index is 0.950. The normalized spacial score (nSPS) is 11.9. The molecule has 0 aliphatic heterocycles. The van der Waals surface area contributed by atoms with E-state index in [0.29, 0.717) is 0 Å². The van der Waals surface area contributed by atoms with Crippen molar-refractivity contribution in [1.82, 2.24) is 0 Å². The number of furan rings is 1. The molecule has 0 atom stereocenters. The smallest absolute Gasteiger partial charge is 0.144 e. The van der Waals surface area contributed by atoms with Crippen molar-refractivity contribution < 1.29 is 4.42 Å². The zero-order chi connectivity index (χ0) is 36.7. The summed E-state index contributed by atoms with van der Waals surface area (Å²) in [5, 5.41) is 12.1. The molecule has 12 rings (SSSR count). The van der Waals surface area contributed by atoms with E-state index in [2.05, 4.69) is 194 Å². The van der Waals surface area contributed by atoms with Crippen LogP contribution in [0.15, 0.2) is 199 Å². The summed E-state index contributed by atoms with van der Waals surface area (Å²) in [7, 11) is 0. The summed E-state index contributed by atoms with van der Waals surface area (Å²) in [4.78, 5) is 0. The maximum atomic E-state index is 6.87. The van der Waals surface area contributed by atoms with E-state index in [0.717, 1.165) is 27.3 Å². The second-order valence-corrected chi connectivity index (χ2v) is 15.8. The number of rotatable bonds is 4. The van der Waals surface area contributed by atoms with Crippen molar-refractivity contribution in [3.8, 4) is 44.5 Å². The van der Waals surface area contributed by atoms with Gasteiger partial charge < -0.3 is 4.42 Å². The molecule has 0 spiro atoms. The first-order chi connectivity index (χ1) is 27.8. The van der Waals surface area contributed by atoms with Gasteiger partial charge in [0.05, 0.1) is 0 Å². The van der Waals surface area contributed by atoms with Crippen LogP contribution in [0.5, 0.6) is 0 Å². The lowest BCUT2D eigenvalue weighted by atomic mass is 9.85. The molecule has 10 aromatic carbocycles. The minimum atomic E-state index is 0.950. The van der Waals surface area contributed by atoms with E-state index in [1.165, 1.54) is 91.6 Å². The predicted octanol–water partition coefficient (Wildman–Crippen LogP) is 16.1. The fraction of sp³-hybridized carbons (Fsp3) is 0. The summed E-state index contributed by atoms with van der Waals surface area (Å²) in [5.41, 5.74) is 11.7. The van der Waals surface area contributed by atoms with Crippen LogP contribution in [0.4, 0.5) is 0 Å². The molecule has 0 aliphatic carbocycles. The van der Waals surface area contributed by atoms with Gasteiger partial charge in [-0.2, -0.15) is 0 Å². The lowest BCUT2D eigenvalue weighted by molar-refractivity contribution is 0.677. The van der Waals surface area contributed by atoms with Crippen LogP contribution in [0, 0.1) is 0 Å². The third-order valence-corrected chi connectivity index (χ3v) is 12.8. The molecule has 0 radical (unpaired) electrons. The van der Waals surface area contributed by atoms with Crippen LogP contribution in [0.2, 0.25) is 0 Å². The lowest BCUT2D eigenvalue weighted by Crippen LogP contribution is -1.91. The van der Waals surface area contributed by atoms with Crippen LogP contribution >= 0.6 is 11.3 Å². The molecule has 0 saturated carbocycles. The highest BCUT2D eigenvalue weighted by Gasteiger charge is 2.20. The lowest BCUT2D eigenvalue weighted by Gasteiger charge is -2.18. The van der Waals surface area contributed by atoms with Crippen molar-refractivity contribution >= 4 is 85.8 Å². The molecule has 0 bridgehead atoms. The molecule has 0 aliphatic rings. The quantitative estimate of drug-likeness (QED) is 0.165. The molecule has 2 heterocycles. The van der Waals surface area contributed by atoms with Crippen LogP contribution in [0.25, 0.3) is 119 Å². The Kier molecular flexibility index (Phi) is 6.87. The number of hydrogen-bond acceptors (Lipinski definition) is 2. The molecule has 12 aromatic rings. The Morgan fingerprint density at radius 2 is 0.821 bits per heavy atom. The van der Waals surface area contributed by atoms with E-state index in [9.17, 15) is 0 Å². The Morgan fingerprint density at radius 1 is 0.286 bits per heavy atom. The molecule has 0 fully saturated rings. The molecule has 0 N–H and O–H groups in total. The maximum Gasteiger partial charge on any atom is 0.144 e. The largest absolute Gasteiger partial charge is 0.455 e. The molecular formula is C54H32OS. The summed E-state index contributed by atoms with van der Waals surface area (Å²) in [6.45, 7) is 0. The molecule has 2 aromatic heterocycles. The highest BCUT2D eigenvalue weighted by molar-refractivity contribution is 7.26. The summed E-state index contributed by atoms with van der Waals surface area (Å²) >= 11 is 1.83. The number of hydrogen-bond donors (Lipinski definition) is 0. The Labute approximate surface area is 327 Å². The van der Waals surface area contributed by atoms with Gasteiger partial charge in [0.1, 0.15) is 11.2 Å². The summed E-state index contributed by atoms with van der Waals surface area (Å²) in [6, 6.07) is 70.9. The van der Waals surface area contributed by atoms with E-state index in [4.69, 9.17) is 4.42 Å². The third kappa shape index (κ3) is 4.67. The van der Waals surface area contributed by atoms with Crippen LogP contribution in [-0.4, -0.2) is 0 Å². The zero-order valence-corrected chi connectivity index (χ0v) is 31.1. The highest BCUT2D eigenvalue weighted by Crippen LogP contribution is 2.47. The fourth-order valence-electron chi connectivity index (χ4n) is 9.15. The zero-order valence-electron chi connectivity index (χ0n) is 30.3. The Morgan fingerprint density at radius 3 is 1.54 bits per heavy atom. The van der Waals surface area contributed by atoms with Gasteiger partial charge in [0, 0.05) is 36.3 Å². The number of benzene rings is 10. The molecule has 0 amide bonds. The van der Waals surface area contributed by atoms with E-state index < -0.39 is 0 Å². The first-order valence-corrected chi connectivity index (χ1v) is 20.0. The van der Waals surface area contributed by atoms with Crippen molar-refractivity contribution in [1.29, 1.82) is 0 Å². The standard InChI is InChI=1S/C54H32OS/c1-2-13-33(14-3-1)36-15-12-16-37(31-36)51-41-20-7-5-18-39(41)50(40-19-6-8-21-42(40)51)35-27-25-34(26-28-35)46-32-47-44-29-30-49-52(45-23-10-11-24-48(45)56-49)54(44)55-53(47)43-22-9-4-17-38(43)46/h1-32H. The van der Waals surface area contributed by atoms with Gasteiger partial charge in [-0.25, -0.2) is 0 Å². The maximum absolute atomic E-state index is 6.87. The van der Waals surface area contributed by atoms with Crippen molar-refractivity contribution in [2.45, 2.75) is 0 Å². The van der Waals surface area contributed by atoms with Crippen LogP contribution < -0.4 is 0 Å². The van der Waals surface area contributed by atoms with Gasteiger partial charge in [-0.1, -0.05) is 164 Å². The topological polar surface area (TPSA) is 13.1 Å². The SMILES string of the molecule is c1ccc(-c2cccc(-c3c4ccccc4c(-c4ccc(-c5cc6c7ccc8sc9ccccc9c8c7oc6c6ccccc56)cc4)c4ccccc34)c2)cc1. The first kappa shape index (κ1) is 31.4. The van der Waals surface area contributed by atoms with Crippen molar-refractivity contribution in [3.05, 3.63) is 194 Å². The monoisotopic (exact) mass is 728 g/mol. The summed E-state index contributed by atoms with van der Waals surface area (Å²) in [6.07, 6.45) is 0. The fourth-order valence-corrected chi connectivity index (χ4v) is 10.3. The molecule has 0 saturated heterocycles. The molecule has 0 unspecified atom stereocenters. The average Bonchev–Trinajstić information content (AvgIpc) is 3.84. The summed E-state index contributed by atoms with van der Waals surface area (Å²) < 4.78 is 9.41. The molecular weight excluding hydrogens is 697 g/mol. The molecule has 1 nitrogen and oxygen atoms in total. The van der Waals surface area contributed by atoms with Gasteiger partial charge in [0.25, 0.3) is 0 Å². The van der Waals surface area contributed by atoms with E-state index in [-0.39, 0.29) is 0 Å².